The van der Waals surface area contributed by atoms with Crippen LogP contribution in [0.25, 0.3) is 0 Å². The maximum atomic E-state index is 15.1. The SMILES string of the molecule is COS(=O)(=O)c1cc(S(=O)(=O)c2ccc(Oc3ccc(S(=O)(=O)c4ccc(Oc5c(F)c(F)c(C(=O)c6c(F)c(F)c(C)c(F)c6F)c(F)c5F)cc4)cc3)c(CS(=O)(=O)O)c2)ccc1C. The van der Waals surface area contributed by atoms with Gasteiger partial charge in [-0.25, -0.2) is 43.2 Å². The number of ether oxygens (including phenoxy) is 2. The molecule has 1 N–H and O–H groups in total. The molecule has 0 aliphatic carbocycles. The van der Waals surface area contributed by atoms with Gasteiger partial charge >= 0.3 is 0 Å². The molecule has 0 atom stereocenters. The Balaban J connectivity index is 1.23. The molecule has 0 spiro atoms. The summed E-state index contributed by atoms with van der Waals surface area (Å²) in [6, 6.07) is 13.4. The molecular weight excluding hydrogens is 981 g/mol. The van der Waals surface area contributed by atoms with Crippen molar-refractivity contribution in [2.45, 2.75) is 44.1 Å². The fourth-order valence-electron chi connectivity index (χ4n) is 6.10. The van der Waals surface area contributed by atoms with Crippen LogP contribution >= 0.6 is 0 Å². The molecule has 13 nitrogen and oxygen atoms in total. The van der Waals surface area contributed by atoms with Crippen LogP contribution < -0.4 is 9.47 Å². The molecule has 0 radical (unpaired) electrons. The Morgan fingerprint density at radius 1 is 0.530 bits per heavy atom. The van der Waals surface area contributed by atoms with Crippen LogP contribution in [0, 0.1) is 60.4 Å². The highest BCUT2D eigenvalue weighted by Gasteiger charge is 2.36. The first-order valence-electron chi connectivity index (χ1n) is 17.9. The van der Waals surface area contributed by atoms with E-state index in [0.717, 1.165) is 86.0 Å². The highest BCUT2D eigenvalue weighted by molar-refractivity contribution is 7.92. The lowest BCUT2D eigenvalue weighted by Gasteiger charge is -2.14. The maximum Gasteiger partial charge on any atom is 0.297 e. The van der Waals surface area contributed by atoms with E-state index < -0.39 is 156 Å². The van der Waals surface area contributed by atoms with Crippen molar-refractivity contribution in [3.8, 4) is 23.0 Å². The topological polar surface area (TPSA) is 202 Å². The Hall–Kier alpha value is -6.25. The summed E-state index contributed by atoms with van der Waals surface area (Å²) in [6.07, 6.45) is 0. The molecule has 6 aromatic rings. The summed E-state index contributed by atoms with van der Waals surface area (Å²) in [6.45, 7) is 1.96. The van der Waals surface area contributed by atoms with Gasteiger partial charge in [-0.05, 0) is 98.3 Å². The normalized spacial score (nSPS) is 12.3. The van der Waals surface area contributed by atoms with Crippen molar-refractivity contribution < 1.29 is 91.8 Å². The molecule has 0 bridgehead atoms. The van der Waals surface area contributed by atoms with Crippen LogP contribution in [0.4, 0.5) is 35.1 Å². The second kappa shape index (κ2) is 17.9. The van der Waals surface area contributed by atoms with Crippen molar-refractivity contribution in [2.75, 3.05) is 7.11 Å². The Labute approximate surface area is 369 Å². The van der Waals surface area contributed by atoms with Gasteiger partial charge in [0.25, 0.3) is 20.2 Å². The zero-order valence-corrected chi connectivity index (χ0v) is 36.6. The summed E-state index contributed by atoms with van der Waals surface area (Å²) in [7, 11) is -17.3. The molecule has 0 unspecified atom stereocenters. The number of aryl methyl sites for hydroxylation is 1. The van der Waals surface area contributed by atoms with E-state index in [4.69, 9.17) is 9.47 Å². The first kappa shape index (κ1) is 49.2. The van der Waals surface area contributed by atoms with E-state index in [0.29, 0.717) is 6.92 Å². The van der Waals surface area contributed by atoms with E-state index in [1.165, 1.54) is 13.0 Å². The molecule has 0 fully saturated rings. The van der Waals surface area contributed by atoms with Gasteiger partial charge in [0.15, 0.2) is 34.9 Å². The lowest BCUT2D eigenvalue weighted by atomic mass is 9.98. The Bertz CT molecular complexity index is 3400. The number of hydrogen-bond acceptors (Lipinski definition) is 12. The predicted molar refractivity (Wildman–Crippen MR) is 212 cm³/mol. The van der Waals surface area contributed by atoms with Gasteiger partial charge in [0, 0.05) is 11.1 Å². The van der Waals surface area contributed by atoms with E-state index in [-0.39, 0.29) is 17.1 Å². The highest BCUT2D eigenvalue weighted by atomic mass is 32.2. The third kappa shape index (κ3) is 9.26. The molecule has 0 heterocycles. The van der Waals surface area contributed by atoms with Crippen molar-refractivity contribution in [3.05, 3.63) is 159 Å². The number of carbonyl (C=O) groups is 1. The first-order chi connectivity index (χ1) is 30.6. The van der Waals surface area contributed by atoms with Crippen LogP contribution in [-0.4, -0.2) is 51.1 Å². The molecule has 0 saturated heterocycles. The quantitative estimate of drug-likeness (QED) is 0.0358. The van der Waals surface area contributed by atoms with Gasteiger partial charge in [-0.2, -0.15) is 25.6 Å². The summed E-state index contributed by atoms with van der Waals surface area (Å²) < 4.78 is 244. The summed E-state index contributed by atoms with van der Waals surface area (Å²) in [5.74, 6) is -25.7. The van der Waals surface area contributed by atoms with Crippen LogP contribution in [0.15, 0.2) is 109 Å². The first-order valence-corrected chi connectivity index (χ1v) is 23.9. The van der Waals surface area contributed by atoms with E-state index in [2.05, 4.69) is 4.18 Å². The van der Waals surface area contributed by atoms with E-state index >= 15 is 17.6 Å². The van der Waals surface area contributed by atoms with Crippen molar-refractivity contribution >= 4 is 45.7 Å². The van der Waals surface area contributed by atoms with Gasteiger partial charge in [0.1, 0.15) is 34.1 Å². The fraction of sp³-hybridized carbons (Fsp3) is 0.0976. The molecule has 6 aromatic carbocycles. The molecule has 0 aliphatic heterocycles. The Morgan fingerprint density at radius 3 is 1.41 bits per heavy atom. The minimum atomic E-state index is -4.85. The minimum Gasteiger partial charge on any atom is -0.457 e. The molecule has 25 heteroatoms. The van der Waals surface area contributed by atoms with E-state index in [9.17, 15) is 60.6 Å². The van der Waals surface area contributed by atoms with Gasteiger partial charge < -0.3 is 9.47 Å². The number of hydrogen-bond donors (Lipinski definition) is 1. The van der Waals surface area contributed by atoms with Gasteiger partial charge in [-0.3, -0.25) is 13.5 Å². The second-order valence-corrected chi connectivity index (χ2v) is 20.8. The average Bonchev–Trinajstić information content (AvgIpc) is 3.26. The Kier molecular flexibility index (Phi) is 13.3. The molecular formula is C41H26F8O13S4. The third-order valence-electron chi connectivity index (χ3n) is 9.51. The number of rotatable bonds is 14. The fourth-order valence-corrected chi connectivity index (χ4v) is 10.3. The second-order valence-electron chi connectivity index (χ2n) is 13.7. The largest absolute Gasteiger partial charge is 0.457 e. The Morgan fingerprint density at radius 2 is 0.939 bits per heavy atom. The van der Waals surface area contributed by atoms with Crippen LogP contribution in [0.1, 0.15) is 32.6 Å². The lowest BCUT2D eigenvalue weighted by molar-refractivity contribution is 0.101. The summed E-state index contributed by atoms with van der Waals surface area (Å²) in [5.41, 5.74) is -5.94. The summed E-state index contributed by atoms with van der Waals surface area (Å²) in [4.78, 5) is 10.2. The van der Waals surface area contributed by atoms with Crippen LogP contribution in [0.3, 0.4) is 0 Å². The smallest absolute Gasteiger partial charge is 0.297 e. The van der Waals surface area contributed by atoms with Gasteiger partial charge in [-0.15, -0.1) is 0 Å². The highest BCUT2D eigenvalue weighted by Crippen LogP contribution is 2.38. The van der Waals surface area contributed by atoms with Crippen molar-refractivity contribution in [3.63, 3.8) is 0 Å². The van der Waals surface area contributed by atoms with Gasteiger partial charge in [-0.1, -0.05) is 6.07 Å². The average molecular weight is 1010 g/mol. The van der Waals surface area contributed by atoms with Gasteiger partial charge in [0.05, 0.1) is 31.6 Å². The van der Waals surface area contributed by atoms with Crippen LogP contribution in [0.5, 0.6) is 23.0 Å². The predicted octanol–water partition coefficient (Wildman–Crippen LogP) is 8.62. The third-order valence-corrected chi connectivity index (χ3v) is 15.1. The molecule has 0 amide bonds. The summed E-state index contributed by atoms with van der Waals surface area (Å²) >= 11 is 0. The van der Waals surface area contributed by atoms with Crippen molar-refractivity contribution in [1.29, 1.82) is 0 Å². The monoisotopic (exact) mass is 1010 g/mol. The maximum absolute atomic E-state index is 15.1. The van der Waals surface area contributed by atoms with E-state index in [1.54, 1.807) is 0 Å². The molecule has 348 valence electrons. The standard InChI is InChI=1S/C41H26F8O13S4/c1-19-4-9-27(17-29(19)66(58,59)60-3)65(56,57)26-14-15-28(21(16-26)18-63(51,52)53)61-22-5-10-24(11-6-22)64(54,55)25-12-7-23(8-13-25)62-41-38(48)36(46)31(37(47)39(41)49)40(50)30-34(44)32(42)20(2)33(43)35(30)45/h4-17H,18H2,1-3H3,(H,51,52,53). The zero-order valence-electron chi connectivity index (χ0n) is 33.3. The number of ketones is 1. The molecule has 0 saturated carbocycles. The van der Waals surface area contributed by atoms with Crippen molar-refractivity contribution in [1.82, 2.24) is 0 Å². The molecule has 6 rings (SSSR count). The number of sulfone groups is 2. The molecule has 66 heavy (non-hydrogen) atoms. The van der Waals surface area contributed by atoms with Crippen LogP contribution in [0.2, 0.25) is 0 Å². The molecule has 0 aromatic heterocycles. The van der Waals surface area contributed by atoms with Crippen molar-refractivity contribution in [2.24, 2.45) is 0 Å². The number of carbonyl (C=O) groups excluding carboxylic acids is 1. The summed E-state index contributed by atoms with van der Waals surface area (Å²) in [5, 5.41) is 0. The van der Waals surface area contributed by atoms with E-state index in [1.807, 2.05) is 0 Å². The van der Waals surface area contributed by atoms with Gasteiger partial charge in [0.2, 0.25) is 42.8 Å². The number of halogens is 8. The number of benzene rings is 6. The van der Waals surface area contributed by atoms with Crippen LogP contribution in [-0.2, 0) is 49.8 Å². The minimum absolute atomic E-state index is 0.150. The lowest BCUT2D eigenvalue weighted by Crippen LogP contribution is -2.18. The molecule has 0 aliphatic rings. The zero-order chi connectivity index (χ0) is 49.0.